The Morgan fingerprint density at radius 3 is 1.12 bits per heavy atom. The van der Waals surface area contributed by atoms with Crippen LogP contribution in [0.15, 0.2) is 24.3 Å². The van der Waals surface area contributed by atoms with Gasteiger partial charge in [-0.3, -0.25) is 0 Å². The van der Waals surface area contributed by atoms with Gasteiger partial charge in [-0.25, -0.2) is 4.79 Å². The highest BCUT2D eigenvalue weighted by molar-refractivity contribution is 6.50. The highest BCUT2D eigenvalue weighted by Crippen LogP contribution is 2.07. The van der Waals surface area contributed by atoms with Crippen LogP contribution in [-0.2, 0) is 4.74 Å². The average molecular weight is 411 g/mol. The molecule has 0 bridgehead atoms. The van der Waals surface area contributed by atoms with Gasteiger partial charge in [-0.1, -0.05) is 17.7 Å². The lowest BCUT2D eigenvalue weighted by Crippen LogP contribution is -2.02. The Morgan fingerprint density at radius 2 is 0.923 bits per heavy atom. The van der Waals surface area contributed by atoms with Crippen molar-refractivity contribution >= 4 is 27.7 Å². The van der Waals surface area contributed by atoms with Crippen molar-refractivity contribution in [3.05, 3.63) is 35.4 Å². The Kier molecular flexibility index (Phi) is 13.8. The molecule has 0 radical (unpaired) electrons. The summed E-state index contributed by atoms with van der Waals surface area (Å²) >= 11 is 0. The van der Waals surface area contributed by atoms with E-state index in [1.165, 1.54) is 7.11 Å². The standard InChI is InChI=1S/C9H10O2.3BF4/c1-7-3-5-8(6-4-7)9(10)11-2;3*2-1(3,4)5/h3-6H,1-2H3;;;/q;3*-1. The molecule has 154 valence electrons. The van der Waals surface area contributed by atoms with Crippen LogP contribution in [-0.4, -0.2) is 34.8 Å². The zero-order valence-electron chi connectivity index (χ0n) is 12.9. The first-order valence-electron chi connectivity index (χ1n) is 6.01. The van der Waals surface area contributed by atoms with Gasteiger partial charge in [0.2, 0.25) is 0 Å². The van der Waals surface area contributed by atoms with Crippen molar-refractivity contribution in [1.29, 1.82) is 0 Å². The topological polar surface area (TPSA) is 26.3 Å². The summed E-state index contributed by atoms with van der Waals surface area (Å²) in [5.74, 6) is -0.287. The van der Waals surface area contributed by atoms with Crippen molar-refractivity contribution in [2.75, 3.05) is 7.11 Å². The quantitative estimate of drug-likeness (QED) is 0.338. The Morgan fingerprint density at radius 1 is 0.692 bits per heavy atom. The van der Waals surface area contributed by atoms with Gasteiger partial charge in [0.15, 0.2) is 0 Å². The fourth-order valence-electron chi connectivity index (χ4n) is 0.807. The summed E-state index contributed by atoms with van der Waals surface area (Å²) in [6.45, 7) is 1.97. The molecule has 17 heteroatoms. The monoisotopic (exact) mass is 411 g/mol. The maximum Gasteiger partial charge on any atom is 0.673 e. The number of esters is 1. The zero-order chi connectivity index (χ0) is 21.8. The van der Waals surface area contributed by atoms with Crippen LogP contribution in [0.25, 0.3) is 0 Å². The number of benzene rings is 1. The smallest absolute Gasteiger partial charge is 0.465 e. The maximum absolute atomic E-state index is 10.9. The number of carbonyl (C=O) groups is 1. The molecule has 0 saturated carbocycles. The highest BCUT2D eigenvalue weighted by Gasteiger charge is 2.21. The van der Waals surface area contributed by atoms with E-state index >= 15 is 0 Å². The molecule has 0 amide bonds. The van der Waals surface area contributed by atoms with E-state index in [1.54, 1.807) is 12.1 Å². The third-order valence-corrected chi connectivity index (χ3v) is 1.47. The largest absolute Gasteiger partial charge is 0.673 e. The number of halogens is 12. The van der Waals surface area contributed by atoms with Crippen molar-refractivity contribution in [2.45, 2.75) is 6.92 Å². The van der Waals surface area contributed by atoms with Crippen LogP contribution in [0.2, 0.25) is 0 Å². The lowest BCUT2D eigenvalue weighted by atomic mass is 10.2. The summed E-state index contributed by atoms with van der Waals surface area (Å²) in [5.41, 5.74) is 1.73. The van der Waals surface area contributed by atoms with Crippen LogP contribution >= 0.6 is 0 Å². The van der Waals surface area contributed by atoms with Gasteiger partial charge in [0.05, 0.1) is 12.7 Å². The molecular weight excluding hydrogens is 401 g/mol. The van der Waals surface area contributed by atoms with Gasteiger partial charge in [-0.15, -0.1) is 0 Å². The number of ether oxygens (including phenoxy) is 1. The minimum absolute atomic E-state index is 0.287. The second-order valence-corrected chi connectivity index (χ2v) is 3.84. The number of aryl methyl sites for hydroxylation is 1. The molecule has 0 aromatic heterocycles. The molecule has 0 fully saturated rings. The summed E-state index contributed by atoms with van der Waals surface area (Å²) in [6, 6.07) is 7.26. The van der Waals surface area contributed by atoms with Crippen LogP contribution in [0.4, 0.5) is 51.8 Å². The predicted octanol–water partition coefficient (Wildman–Crippen LogP) is 5.68. The molecule has 26 heavy (non-hydrogen) atoms. The van der Waals surface area contributed by atoms with Gasteiger partial charge in [0, 0.05) is 0 Å². The van der Waals surface area contributed by atoms with Crippen molar-refractivity contribution in [3.8, 4) is 0 Å². The number of methoxy groups -OCH3 is 1. The Hall–Kier alpha value is -1.96. The Bertz CT molecular complexity index is 450. The Labute approximate surface area is 139 Å². The first-order chi connectivity index (χ1) is 11.2. The van der Waals surface area contributed by atoms with Crippen LogP contribution in [0, 0.1) is 6.92 Å². The van der Waals surface area contributed by atoms with Gasteiger partial charge in [0.25, 0.3) is 0 Å². The molecule has 0 aliphatic heterocycles. The number of rotatable bonds is 1. The minimum Gasteiger partial charge on any atom is -0.465 e. The molecule has 0 N–H and O–H groups in total. The highest BCUT2D eigenvalue weighted by atomic mass is 19.5. The van der Waals surface area contributed by atoms with Gasteiger partial charge in [-0.05, 0) is 19.1 Å². The molecule has 1 rings (SSSR count). The second kappa shape index (κ2) is 12.4. The van der Waals surface area contributed by atoms with E-state index in [-0.39, 0.29) is 5.97 Å². The van der Waals surface area contributed by atoms with Crippen LogP contribution in [0.1, 0.15) is 15.9 Å². The predicted molar refractivity (Wildman–Crippen MR) is 73.1 cm³/mol. The first-order valence-corrected chi connectivity index (χ1v) is 6.01. The molecule has 1 aromatic rings. The van der Waals surface area contributed by atoms with Gasteiger partial charge in [-0.2, -0.15) is 0 Å². The molecule has 2 nitrogen and oxygen atoms in total. The fraction of sp³-hybridized carbons (Fsp3) is 0.222. The SMILES string of the molecule is COC(=O)c1ccc(C)cc1.F[B-](F)(F)F.F[B-](F)(F)F.F[B-](F)(F)F. The third kappa shape index (κ3) is 49.5. The summed E-state index contributed by atoms with van der Waals surface area (Å²) in [4.78, 5) is 10.9. The van der Waals surface area contributed by atoms with E-state index in [1.807, 2.05) is 19.1 Å². The zero-order valence-corrected chi connectivity index (χ0v) is 12.9. The van der Waals surface area contributed by atoms with E-state index in [0.717, 1.165) is 5.56 Å². The number of carbonyl (C=O) groups excluding carboxylic acids is 1. The fourth-order valence-corrected chi connectivity index (χ4v) is 0.807. The van der Waals surface area contributed by atoms with Crippen molar-refractivity contribution in [2.24, 2.45) is 0 Å². The molecule has 0 spiro atoms. The van der Waals surface area contributed by atoms with E-state index in [4.69, 9.17) is 0 Å². The first kappa shape index (κ1) is 28.8. The normalized spacial score (nSPS) is 10.8. The van der Waals surface area contributed by atoms with Gasteiger partial charge < -0.3 is 56.5 Å². The molecule has 0 aliphatic rings. The molecule has 0 aliphatic carbocycles. The number of hydrogen-bond donors (Lipinski definition) is 0. The Balaban J connectivity index is -0.000000300. The molecule has 1 aromatic carbocycles. The third-order valence-electron chi connectivity index (χ3n) is 1.47. The van der Waals surface area contributed by atoms with Crippen molar-refractivity contribution in [1.82, 2.24) is 0 Å². The lowest BCUT2D eigenvalue weighted by molar-refractivity contribution is 0.0600. The summed E-state index contributed by atoms with van der Waals surface area (Å²) in [7, 11) is -16.6. The minimum atomic E-state index is -6.00. The average Bonchev–Trinajstić information content (AvgIpc) is 2.32. The molecule has 0 saturated heterocycles. The van der Waals surface area contributed by atoms with Gasteiger partial charge in [0.1, 0.15) is 0 Å². The number of hydrogen-bond acceptors (Lipinski definition) is 2. The molecule has 0 atom stereocenters. The van der Waals surface area contributed by atoms with Crippen LogP contribution < -0.4 is 0 Å². The summed E-state index contributed by atoms with van der Waals surface area (Å²) in [5, 5.41) is 0. The van der Waals surface area contributed by atoms with Crippen molar-refractivity contribution < 1.29 is 61.3 Å². The summed E-state index contributed by atoms with van der Waals surface area (Å²) in [6.07, 6.45) is 0. The maximum atomic E-state index is 10.9. The van der Waals surface area contributed by atoms with Crippen LogP contribution in [0.3, 0.4) is 0 Å². The van der Waals surface area contributed by atoms with Crippen molar-refractivity contribution in [3.63, 3.8) is 0 Å². The molecular formula is C9H10B3F12O2-3. The lowest BCUT2D eigenvalue weighted by Gasteiger charge is -1.97. The molecule has 0 heterocycles. The van der Waals surface area contributed by atoms with E-state index in [0.29, 0.717) is 5.56 Å². The second-order valence-electron chi connectivity index (χ2n) is 3.84. The van der Waals surface area contributed by atoms with E-state index in [2.05, 4.69) is 4.74 Å². The van der Waals surface area contributed by atoms with E-state index < -0.39 is 21.8 Å². The van der Waals surface area contributed by atoms with Crippen LogP contribution in [0.5, 0.6) is 0 Å². The molecule has 0 unspecified atom stereocenters. The summed E-state index contributed by atoms with van der Waals surface area (Å²) < 4.78 is 122. The van der Waals surface area contributed by atoms with Gasteiger partial charge >= 0.3 is 27.7 Å². The van der Waals surface area contributed by atoms with E-state index in [9.17, 15) is 56.6 Å².